The van der Waals surface area contributed by atoms with Gasteiger partial charge in [-0.3, -0.25) is 4.90 Å². The Bertz CT molecular complexity index is 300. The predicted molar refractivity (Wildman–Crippen MR) is 73.9 cm³/mol. The summed E-state index contributed by atoms with van der Waals surface area (Å²) in [5, 5.41) is -0.300. The molecule has 0 amide bonds. The van der Waals surface area contributed by atoms with Crippen LogP contribution in [0.5, 0.6) is 0 Å². The maximum Gasteiger partial charge on any atom is 0.153 e. The first-order valence-corrected chi connectivity index (χ1v) is 8.10. The Morgan fingerprint density at radius 2 is 1.71 bits per heavy atom. The van der Waals surface area contributed by atoms with E-state index in [0.29, 0.717) is 13.1 Å². The van der Waals surface area contributed by atoms with Gasteiger partial charge in [0.1, 0.15) is 0 Å². The fourth-order valence-electron chi connectivity index (χ4n) is 1.97. The number of sulfone groups is 1. The summed E-state index contributed by atoms with van der Waals surface area (Å²) in [5.41, 5.74) is 5.77. The largest absolute Gasteiger partial charge is 0.329 e. The Hall–Kier alpha value is -0.130. The summed E-state index contributed by atoms with van der Waals surface area (Å²) >= 11 is 0. The van der Waals surface area contributed by atoms with Gasteiger partial charge in [-0.25, -0.2) is 8.42 Å². The molecule has 0 unspecified atom stereocenters. The molecule has 17 heavy (non-hydrogen) atoms. The van der Waals surface area contributed by atoms with Crippen LogP contribution in [-0.2, 0) is 9.84 Å². The van der Waals surface area contributed by atoms with Gasteiger partial charge in [-0.05, 0) is 33.7 Å². The molecular formula is C12H28N2O2S. The van der Waals surface area contributed by atoms with Crippen LogP contribution < -0.4 is 5.73 Å². The lowest BCUT2D eigenvalue weighted by Gasteiger charge is -2.40. The normalized spacial score (nSPS) is 13.6. The van der Waals surface area contributed by atoms with Crippen LogP contribution in [0.4, 0.5) is 0 Å². The summed E-state index contributed by atoms with van der Waals surface area (Å²) in [6.45, 7) is 8.78. The number of likely N-dealkylation sites (N-methyl/N-ethyl adjacent to an activating group) is 1. The first-order valence-electron chi connectivity index (χ1n) is 6.38. The van der Waals surface area contributed by atoms with Crippen LogP contribution in [0.25, 0.3) is 0 Å². The van der Waals surface area contributed by atoms with Gasteiger partial charge in [0, 0.05) is 18.6 Å². The highest BCUT2D eigenvalue weighted by Gasteiger charge is 2.30. The minimum atomic E-state index is -2.96. The van der Waals surface area contributed by atoms with Gasteiger partial charge in [0.15, 0.2) is 9.84 Å². The highest BCUT2D eigenvalue weighted by Crippen LogP contribution is 2.21. The van der Waals surface area contributed by atoms with Crippen molar-refractivity contribution >= 4 is 9.84 Å². The molecule has 0 aromatic rings. The van der Waals surface area contributed by atoms with Crippen molar-refractivity contribution < 1.29 is 8.42 Å². The Labute approximate surface area is 106 Å². The van der Waals surface area contributed by atoms with Crippen molar-refractivity contribution in [3.8, 4) is 0 Å². The molecule has 0 fully saturated rings. The van der Waals surface area contributed by atoms with Gasteiger partial charge in [0.2, 0.25) is 0 Å². The van der Waals surface area contributed by atoms with Crippen LogP contribution in [-0.4, -0.2) is 50.0 Å². The molecule has 0 bridgehead atoms. The van der Waals surface area contributed by atoms with E-state index in [9.17, 15) is 8.42 Å². The van der Waals surface area contributed by atoms with E-state index in [-0.39, 0.29) is 16.5 Å². The molecular weight excluding hydrogens is 236 g/mol. The number of hydrogen-bond acceptors (Lipinski definition) is 4. The lowest BCUT2D eigenvalue weighted by atomic mass is 9.91. The number of nitrogens with two attached hydrogens (primary N) is 1. The van der Waals surface area contributed by atoms with Crippen molar-refractivity contribution in [1.29, 1.82) is 0 Å². The van der Waals surface area contributed by atoms with E-state index in [0.717, 1.165) is 12.8 Å². The van der Waals surface area contributed by atoms with Crippen molar-refractivity contribution in [2.24, 2.45) is 5.73 Å². The van der Waals surface area contributed by atoms with Crippen molar-refractivity contribution in [2.75, 3.05) is 25.9 Å². The quantitative estimate of drug-likeness (QED) is 0.717. The first-order chi connectivity index (χ1) is 7.75. The van der Waals surface area contributed by atoms with Gasteiger partial charge in [-0.15, -0.1) is 0 Å². The Morgan fingerprint density at radius 3 is 2.00 bits per heavy atom. The molecule has 2 N–H and O–H groups in total. The predicted octanol–water partition coefficient (Wildman–Crippen LogP) is 1.26. The lowest BCUT2D eigenvalue weighted by Crippen LogP contribution is -2.52. The van der Waals surface area contributed by atoms with E-state index in [2.05, 4.69) is 18.7 Å². The van der Waals surface area contributed by atoms with Crippen LogP contribution in [0.2, 0.25) is 0 Å². The van der Waals surface area contributed by atoms with E-state index < -0.39 is 9.84 Å². The third kappa shape index (κ3) is 4.23. The third-order valence-electron chi connectivity index (χ3n) is 3.94. The zero-order valence-corrected chi connectivity index (χ0v) is 12.7. The second-order valence-corrected chi connectivity index (χ2v) is 7.65. The minimum absolute atomic E-state index is 0.0630. The van der Waals surface area contributed by atoms with Crippen LogP contribution in [0, 0.1) is 0 Å². The van der Waals surface area contributed by atoms with Gasteiger partial charge in [0.25, 0.3) is 0 Å². The molecule has 0 aromatic heterocycles. The molecule has 0 saturated heterocycles. The SMILES string of the molecule is CCC(CC)(CN)N(C)CCS(=O)(=O)C(C)C. The summed E-state index contributed by atoms with van der Waals surface area (Å²) in [4.78, 5) is 2.10. The lowest BCUT2D eigenvalue weighted by molar-refractivity contribution is 0.123. The molecule has 4 nitrogen and oxygen atoms in total. The van der Waals surface area contributed by atoms with Gasteiger partial charge < -0.3 is 5.73 Å². The van der Waals surface area contributed by atoms with Crippen LogP contribution >= 0.6 is 0 Å². The zero-order chi connectivity index (χ0) is 13.7. The zero-order valence-electron chi connectivity index (χ0n) is 11.9. The average Bonchev–Trinajstić information content (AvgIpc) is 2.29. The topological polar surface area (TPSA) is 63.4 Å². The maximum atomic E-state index is 11.8. The Kier molecular flexibility index (Phi) is 6.66. The minimum Gasteiger partial charge on any atom is -0.329 e. The molecule has 0 spiro atoms. The summed E-state index contributed by atoms with van der Waals surface area (Å²) < 4.78 is 23.5. The molecule has 5 heteroatoms. The van der Waals surface area contributed by atoms with E-state index in [1.165, 1.54) is 0 Å². The smallest absolute Gasteiger partial charge is 0.153 e. The summed E-state index contributed by atoms with van der Waals surface area (Å²) in [6, 6.07) is 0. The summed E-state index contributed by atoms with van der Waals surface area (Å²) in [7, 11) is -0.993. The molecule has 0 atom stereocenters. The third-order valence-corrected chi connectivity index (χ3v) is 6.12. The highest BCUT2D eigenvalue weighted by molar-refractivity contribution is 7.92. The molecule has 0 heterocycles. The first kappa shape index (κ1) is 16.9. The average molecular weight is 264 g/mol. The fourth-order valence-corrected chi connectivity index (χ4v) is 2.97. The molecule has 0 rings (SSSR count). The van der Waals surface area contributed by atoms with E-state index in [1.54, 1.807) is 13.8 Å². The van der Waals surface area contributed by atoms with E-state index in [4.69, 9.17) is 5.73 Å². The van der Waals surface area contributed by atoms with Crippen LogP contribution in [0.1, 0.15) is 40.5 Å². The molecule has 0 aliphatic rings. The maximum absolute atomic E-state index is 11.8. The molecule has 0 aromatic carbocycles. The molecule has 104 valence electrons. The monoisotopic (exact) mass is 264 g/mol. The van der Waals surface area contributed by atoms with Gasteiger partial charge >= 0.3 is 0 Å². The van der Waals surface area contributed by atoms with Crippen molar-refractivity contribution in [1.82, 2.24) is 4.90 Å². The van der Waals surface area contributed by atoms with E-state index in [1.807, 2.05) is 7.05 Å². The standard InChI is InChI=1S/C12H28N2O2S/c1-6-12(7-2,10-13)14(5)8-9-17(15,16)11(3)4/h11H,6-10,13H2,1-5H3. The second kappa shape index (κ2) is 6.71. The van der Waals surface area contributed by atoms with Crippen LogP contribution in [0.3, 0.4) is 0 Å². The molecule has 0 saturated carbocycles. The van der Waals surface area contributed by atoms with Gasteiger partial charge in [-0.1, -0.05) is 13.8 Å². The number of rotatable bonds is 8. The Balaban J connectivity index is 4.60. The van der Waals surface area contributed by atoms with Crippen molar-refractivity contribution in [2.45, 2.75) is 51.3 Å². The van der Waals surface area contributed by atoms with Crippen molar-refractivity contribution in [3.05, 3.63) is 0 Å². The van der Waals surface area contributed by atoms with Crippen LogP contribution in [0.15, 0.2) is 0 Å². The molecule has 0 radical (unpaired) electrons. The number of hydrogen-bond donors (Lipinski definition) is 1. The Morgan fingerprint density at radius 1 is 1.24 bits per heavy atom. The molecule has 0 aliphatic carbocycles. The van der Waals surface area contributed by atoms with Gasteiger partial charge in [-0.2, -0.15) is 0 Å². The van der Waals surface area contributed by atoms with Gasteiger partial charge in [0.05, 0.1) is 11.0 Å². The number of nitrogens with zero attached hydrogens (tertiary/aromatic N) is 1. The fraction of sp³-hybridized carbons (Fsp3) is 1.00. The highest BCUT2D eigenvalue weighted by atomic mass is 32.2. The molecule has 0 aliphatic heterocycles. The summed E-state index contributed by atoms with van der Waals surface area (Å²) in [5.74, 6) is 0.211. The van der Waals surface area contributed by atoms with Crippen molar-refractivity contribution in [3.63, 3.8) is 0 Å². The summed E-state index contributed by atoms with van der Waals surface area (Å²) in [6.07, 6.45) is 1.89. The second-order valence-electron chi connectivity index (χ2n) is 4.97. The van der Waals surface area contributed by atoms with E-state index >= 15 is 0 Å².